The van der Waals surface area contributed by atoms with Crippen LogP contribution in [0.3, 0.4) is 0 Å². The first-order chi connectivity index (χ1) is 12.4. The fourth-order valence-corrected chi connectivity index (χ4v) is 3.85. The average Bonchev–Trinajstić information content (AvgIpc) is 2.58. The van der Waals surface area contributed by atoms with Crippen molar-refractivity contribution in [1.29, 1.82) is 0 Å². The van der Waals surface area contributed by atoms with E-state index in [1.54, 1.807) is 0 Å². The van der Waals surface area contributed by atoms with E-state index in [0.29, 0.717) is 12.4 Å². The normalized spacial score (nSPS) is 19.1. The second-order valence-corrected chi connectivity index (χ2v) is 7.12. The summed E-state index contributed by atoms with van der Waals surface area (Å²) in [4.78, 5) is 22.9. The van der Waals surface area contributed by atoms with Crippen LogP contribution in [0.15, 0.2) is 28.2 Å². The number of carbonyl (C=O) groups excluding carboxylic acids is 1. The fourth-order valence-electron chi connectivity index (χ4n) is 3.85. The molecule has 140 valence electrons. The molecule has 7 nitrogen and oxygen atoms in total. The Bertz CT molecular complexity index is 748. The number of benzene rings is 1. The molecule has 2 aliphatic rings. The number of aryl methyl sites for hydroxylation is 1. The van der Waals surface area contributed by atoms with E-state index in [4.69, 9.17) is 16.5 Å². The summed E-state index contributed by atoms with van der Waals surface area (Å²) in [6, 6.07) is 5.86. The third kappa shape index (κ3) is 3.52. The molecule has 5 N–H and O–H groups in total. The van der Waals surface area contributed by atoms with Crippen LogP contribution >= 0.6 is 0 Å². The van der Waals surface area contributed by atoms with Gasteiger partial charge >= 0.3 is 0 Å². The van der Waals surface area contributed by atoms with E-state index in [-0.39, 0.29) is 11.9 Å². The number of guanidine groups is 2. The molecule has 0 atom stereocenters. The molecule has 7 heteroatoms. The van der Waals surface area contributed by atoms with Crippen LogP contribution < -0.4 is 21.7 Å². The van der Waals surface area contributed by atoms with Crippen LogP contribution in [-0.2, 0) is 4.79 Å². The van der Waals surface area contributed by atoms with Crippen molar-refractivity contribution in [3.63, 3.8) is 0 Å². The van der Waals surface area contributed by atoms with Gasteiger partial charge in [0.2, 0.25) is 17.8 Å². The number of nitrogens with two attached hydrogens (primary N) is 2. The highest BCUT2D eigenvalue weighted by Crippen LogP contribution is 2.41. The SMILES string of the molecule is CCCC(=O)Nc1ccc(C)c(N2C(N)=NC(N)=NC23CCCCC3)c1. The Morgan fingerprint density at radius 2 is 2.00 bits per heavy atom. The zero-order chi connectivity index (χ0) is 18.7. The van der Waals surface area contributed by atoms with Gasteiger partial charge < -0.3 is 16.8 Å². The van der Waals surface area contributed by atoms with Crippen LogP contribution in [0.1, 0.15) is 57.4 Å². The maximum Gasteiger partial charge on any atom is 0.224 e. The van der Waals surface area contributed by atoms with Crippen molar-refractivity contribution in [1.82, 2.24) is 0 Å². The maximum absolute atomic E-state index is 12.0. The molecule has 0 saturated heterocycles. The number of carbonyl (C=O) groups is 1. The Balaban J connectivity index is 2.00. The Hall–Kier alpha value is -2.57. The molecule has 1 amide bonds. The number of nitrogens with zero attached hydrogens (tertiary/aromatic N) is 3. The molecular formula is C19H28N6O. The summed E-state index contributed by atoms with van der Waals surface area (Å²) in [6.07, 6.45) is 6.42. The van der Waals surface area contributed by atoms with Crippen molar-refractivity contribution < 1.29 is 4.79 Å². The topological polar surface area (TPSA) is 109 Å². The highest BCUT2D eigenvalue weighted by Gasteiger charge is 2.43. The smallest absolute Gasteiger partial charge is 0.224 e. The van der Waals surface area contributed by atoms with Crippen LogP contribution in [0.5, 0.6) is 0 Å². The zero-order valence-electron chi connectivity index (χ0n) is 15.6. The van der Waals surface area contributed by atoms with Crippen LogP contribution in [-0.4, -0.2) is 23.5 Å². The molecule has 0 unspecified atom stereocenters. The minimum Gasteiger partial charge on any atom is -0.369 e. The van der Waals surface area contributed by atoms with Crippen molar-refractivity contribution in [2.24, 2.45) is 21.5 Å². The van der Waals surface area contributed by atoms with Crippen molar-refractivity contribution in [3.05, 3.63) is 23.8 Å². The highest BCUT2D eigenvalue weighted by atomic mass is 16.1. The monoisotopic (exact) mass is 356 g/mol. The first-order valence-corrected chi connectivity index (χ1v) is 9.35. The van der Waals surface area contributed by atoms with Gasteiger partial charge in [0.15, 0.2) is 0 Å². The van der Waals surface area contributed by atoms with Gasteiger partial charge in [-0.1, -0.05) is 19.4 Å². The lowest BCUT2D eigenvalue weighted by Gasteiger charge is -2.46. The summed E-state index contributed by atoms with van der Waals surface area (Å²) in [6.45, 7) is 4.01. The van der Waals surface area contributed by atoms with Gasteiger partial charge in [0.05, 0.1) is 5.69 Å². The fraction of sp³-hybridized carbons (Fsp3) is 0.526. The third-order valence-electron chi connectivity index (χ3n) is 5.06. The number of anilines is 2. The zero-order valence-corrected chi connectivity index (χ0v) is 15.6. The Labute approximate surface area is 154 Å². The molecular weight excluding hydrogens is 328 g/mol. The number of nitrogens with one attached hydrogen (secondary N) is 1. The van der Waals surface area contributed by atoms with E-state index < -0.39 is 5.66 Å². The number of hydrogen-bond donors (Lipinski definition) is 3. The van der Waals surface area contributed by atoms with Crippen LogP contribution in [0, 0.1) is 6.92 Å². The number of aliphatic imine (C=N–C) groups is 2. The summed E-state index contributed by atoms with van der Waals surface area (Å²) in [5.41, 5.74) is 14.5. The number of amides is 1. The van der Waals surface area contributed by atoms with Crippen LogP contribution in [0.4, 0.5) is 11.4 Å². The molecule has 1 aliphatic heterocycles. The molecule has 3 rings (SSSR count). The van der Waals surface area contributed by atoms with Gasteiger partial charge in [-0.2, -0.15) is 4.99 Å². The summed E-state index contributed by atoms with van der Waals surface area (Å²) in [7, 11) is 0. The van der Waals surface area contributed by atoms with E-state index in [1.165, 1.54) is 6.42 Å². The van der Waals surface area contributed by atoms with E-state index >= 15 is 0 Å². The van der Waals surface area contributed by atoms with Gasteiger partial charge in [0.25, 0.3) is 0 Å². The van der Waals surface area contributed by atoms with Gasteiger partial charge in [0.1, 0.15) is 5.66 Å². The van der Waals surface area contributed by atoms with E-state index in [2.05, 4.69) is 10.3 Å². The van der Waals surface area contributed by atoms with Gasteiger partial charge in [-0.15, -0.1) is 0 Å². The molecule has 1 saturated carbocycles. The van der Waals surface area contributed by atoms with E-state index in [1.807, 2.05) is 36.9 Å². The summed E-state index contributed by atoms with van der Waals surface area (Å²) < 4.78 is 0. The second kappa shape index (κ2) is 7.35. The first kappa shape index (κ1) is 18.2. The molecule has 1 aliphatic carbocycles. The lowest BCUT2D eigenvalue weighted by molar-refractivity contribution is -0.116. The lowest BCUT2D eigenvalue weighted by atomic mass is 9.87. The van der Waals surface area contributed by atoms with Gasteiger partial charge in [-0.25, -0.2) is 4.99 Å². The van der Waals surface area contributed by atoms with Gasteiger partial charge in [-0.3, -0.25) is 9.69 Å². The average molecular weight is 356 g/mol. The van der Waals surface area contributed by atoms with E-state index in [9.17, 15) is 4.79 Å². The van der Waals surface area contributed by atoms with Gasteiger partial charge in [-0.05, 0) is 56.7 Å². The molecule has 1 aromatic rings. The minimum atomic E-state index is -0.481. The lowest BCUT2D eigenvalue weighted by Crippen LogP contribution is -2.58. The number of hydrogen-bond acceptors (Lipinski definition) is 6. The van der Waals surface area contributed by atoms with Crippen molar-refractivity contribution >= 4 is 29.2 Å². The number of rotatable bonds is 4. The molecule has 0 aromatic heterocycles. The standard InChI is InChI=1S/C19H28N6O/c1-3-7-16(26)22-14-9-8-13(2)15(12-14)25-18(21)23-17(20)24-19(25)10-5-4-6-11-19/h8-9,12H,3-7,10-11H2,1-2H3,(H,22,26)(H4,20,21,23,24). The minimum absolute atomic E-state index is 0.0113. The molecule has 1 aromatic carbocycles. The van der Waals surface area contributed by atoms with Crippen molar-refractivity contribution in [2.45, 2.75) is 64.5 Å². The third-order valence-corrected chi connectivity index (χ3v) is 5.06. The molecule has 0 bridgehead atoms. The highest BCUT2D eigenvalue weighted by molar-refractivity contribution is 6.06. The maximum atomic E-state index is 12.0. The quantitative estimate of drug-likeness (QED) is 0.770. The Morgan fingerprint density at radius 1 is 1.27 bits per heavy atom. The van der Waals surface area contributed by atoms with Gasteiger partial charge in [0, 0.05) is 12.1 Å². The molecule has 1 heterocycles. The summed E-state index contributed by atoms with van der Waals surface area (Å²) in [5.74, 6) is 0.613. The summed E-state index contributed by atoms with van der Waals surface area (Å²) >= 11 is 0. The first-order valence-electron chi connectivity index (χ1n) is 9.35. The predicted molar refractivity (Wildman–Crippen MR) is 106 cm³/mol. The van der Waals surface area contributed by atoms with E-state index in [0.717, 1.165) is 49.0 Å². The van der Waals surface area contributed by atoms with Crippen LogP contribution in [0.25, 0.3) is 0 Å². The molecule has 0 radical (unpaired) electrons. The Kier molecular flexibility index (Phi) is 5.15. The van der Waals surface area contributed by atoms with Crippen LogP contribution in [0.2, 0.25) is 0 Å². The summed E-state index contributed by atoms with van der Waals surface area (Å²) in [5, 5.41) is 2.96. The van der Waals surface area contributed by atoms with Crippen molar-refractivity contribution in [3.8, 4) is 0 Å². The predicted octanol–water partition coefficient (Wildman–Crippen LogP) is 2.84. The second-order valence-electron chi connectivity index (χ2n) is 7.12. The van der Waals surface area contributed by atoms with Crippen molar-refractivity contribution in [2.75, 3.05) is 10.2 Å². The molecule has 26 heavy (non-hydrogen) atoms. The largest absolute Gasteiger partial charge is 0.369 e. The molecule has 1 fully saturated rings. The molecule has 1 spiro atoms. The Morgan fingerprint density at radius 3 is 2.69 bits per heavy atom.